The molecule has 1 aliphatic rings. The van der Waals surface area contributed by atoms with Gasteiger partial charge in [-0.3, -0.25) is 4.79 Å². The third kappa shape index (κ3) is 4.67. The summed E-state index contributed by atoms with van der Waals surface area (Å²) >= 11 is 1.63. The van der Waals surface area contributed by atoms with Crippen LogP contribution in [0.3, 0.4) is 0 Å². The molecule has 0 saturated heterocycles. The first-order chi connectivity index (χ1) is 12.8. The van der Waals surface area contributed by atoms with Gasteiger partial charge in [-0.25, -0.2) is 4.98 Å². The molecule has 0 aliphatic heterocycles. The Morgan fingerprint density at radius 1 is 1.30 bits per heavy atom. The van der Waals surface area contributed by atoms with Gasteiger partial charge in [0, 0.05) is 16.4 Å². The van der Waals surface area contributed by atoms with Crippen molar-refractivity contribution in [3.63, 3.8) is 0 Å². The zero-order valence-corrected chi connectivity index (χ0v) is 16.9. The maximum atomic E-state index is 12.1. The van der Waals surface area contributed by atoms with E-state index in [9.17, 15) is 10.1 Å². The molecular weight excluding hydrogens is 358 g/mol. The number of hydrogen-bond acceptors (Lipinski definition) is 5. The predicted molar refractivity (Wildman–Crippen MR) is 107 cm³/mol. The van der Waals surface area contributed by atoms with Crippen molar-refractivity contribution in [2.75, 3.05) is 6.61 Å². The molecule has 1 amide bonds. The van der Waals surface area contributed by atoms with E-state index in [1.54, 1.807) is 11.3 Å². The molecule has 1 heterocycles. The van der Waals surface area contributed by atoms with Crippen LogP contribution < -0.4 is 10.1 Å². The molecule has 1 aromatic heterocycles. The molecule has 3 rings (SSSR count). The Morgan fingerprint density at radius 2 is 1.96 bits per heavy atom. The fourth-order valence-corrected chi connectivity index (χ4v) is 4.19. The van der Waals surface area contributed by atoms with E-state index in [2.05, 4.69) is 37.5 Å². The van der Waals surface area contributed by atoms with Gasteiger partial charge in [0.2, 0.25) is 0 Å². The van der Waals surface area contributed by atoms with Gasteiger partial charge in [-0.2, -0.15) is 5.26 Å². The molecule has 1 N–H and O–H groups in total. The highest BCUT2D eigenvalue weighted by atomic mass is 32.1. The number of nitrogens with one attached hydrogen (secondary N) is 1. The fourth-order valence-electron chi connectivity index (χ4n) is 3.14. The lowest BCUT2D eigenvalue weighted by atomic mass is 9.93. The summed E-state index contributed by atoms with van der Waals surface area (Å²) in [4.78, 5) is 16.8. The third-order valence-electron chi connectivity index (χ3n) is 4.79. The Balaban J connectivity index is 1.57. The molecule has 1 aromatic carbocycles. The third-order valence-corrected chi connectivity index (χ3v) is 5.68. The van der Waals surface area contributed by atoms with E-state index >= 15 is 0 Å². The lowest BCUT2D eigenvalue weighted by molar-refractivity contribution is -0.124. The Kier molecular flexibility index (Phi) is 5.52. The molecule has 1 aliphatic carbocycles. The first-order valence-electron chi connectivity index (χ1n) is 9.23. The van der Waals surface area contributed by atoms with E-state index in [1.165, 1.54) is 0 Å². The molecule has 6 heteroatoms. The van der Waals surface area contributed by atoms with Gasteiger partial charge < -0.3 is 10.1 Å². The van der Waals surface area contributed by atoms with Crippen LogP contribution in [0.15, 0.2) is 29.6 Å². The number of amides is 1. The summed E-state index contributed by atoms with van der Waals surface area (Å²) < 4.78 is 5.58. The number of thiazole rings is 1. The van der Waals surface area contributed by atoms with Crippen molar-refractivity contribution in [1.82, 2.24) is 10.3 Å². The Labute approximate surface area is 164 Å². The monoisotopic (exact) mass is 383 g/mol. The van der Waals surface area contributed by atoms with Gasteiger partial charge in [0.05, 0.1) is 11.8 Å². The van der Waals surface area contributed by atoms with Crippen LogP contribution in [0.25, 0.3) is 10.6 Å². The SMILES string of the molecule is CC(C)(C)c1csc(-c2ccc(OCC(=O)NC3(C#N)CCCC3)cc2)n1. The maximum Gasteiger partial charge on any atom is 0.259 e. The van der Waals surface area contributed by atoms with Crippen molar-refractivity contribution in [1.29, 1.82) is 5.26 Å². The van der Waals surface area contributed by atoms with Crippen molar-refractivity contribution < 1.29 is 9.53 Å². The average Bonchev–Trinajstić information content (AvgIpc) is 3.30. The highest BCUT2D eigenvalue weighted by Crippen LogP contribution is 2.31. The van der Waals surface area contributed by atoms with Crippen LogP contribution in [0.1, 0.15) is 52.1 Å². The van der Waals surface area contributed by atoms with Gasteiger partial charge in [0.15, 0.2) is 6.61 Å². The van der Waals surface area contributed by atoms with E-state index in [4.69, 9.17) is 9.72 Å². The normalized spacial score (nSPS) is 15.9. The van der Waals surface area contributed by atoms with Crippen molar-refractivity contribution in [3.05, 3.63) is 35.3 Å². The topological polar surface area (TPSA) is 75.0 Å². The molecule has 5 nitrogen and oxygen atoms in total. The number of aromatic nitrogens is 1. The number of rotatable bonds is 5. The van der Waals surface area contributed by atoms with Crippen LogP contribution in [-0.2, 0) is 10.2 Å². The number of hydrogen-bond donors (Lipinski definition) is 1. The maximum absolute atomic E-state index is 12.1. The van der Waals surface area contributed by atoms with Crippen LogP contribution in [0.2, 0.25) is 0 Å². The summed E-state index contributed by atoms with van der Waals surface area (Å²) in [5, 5.41) is 15.2. The van der Waals surface area contributed by atoms with Crippen molar-refractivity contribution in [3.8, 4) is 22.4 Å². The predicted octanol–water partition coefficient (Wildman–Crippen LogP) is 4.44. The van der Waals surface area contributed by atoms with Gasteiger partial charge in [-0.05, 0) is 49.9 Å². The number of nitrogens with zero attached hydrogens (tertiary/aromatic N) is 2. The van der Waals surface area contributed by atoms with Gasteiger partial charge in [0.1, 0.15) is 16.3 Å². The second kappa shape index (κ2) is 7.69. The van der Waals surface area contributed by atoms with E-state index in [0.29, 0.717) is 18.6 Å². The first kappa shape index (κ1) is 19.4. The fraction of sp³-hybridized carbons (Fsp3) is 0.476. The van der Waals surface area contributed by atoms with E-state index in [0.717, 1.165) is 29.1 Å². The molecular formula is C21H25N3O2S. The smallest absolute Gasteiger partial charge is 0.259 e. The zero-order valence-electron chi connectivity index (χ0n) is 16.0. The van der Waals surface area contributed by atoms with Crippen molar-refractivity contribution in [2.24, 2.45) is 0 Å². The highest BCUT2D eigenvalue weighted by Gasteiger charge is 2.35. The largest absolute Gasteiger partial charge is 0.484 e. The van der Waals surface area contributed by atoms with Crippen molar-refractivity contribution in [2.45, 2.75) is 57.4 Å². The molecule has 0 bridgehead atoms. The number of benzene rings is 1. The molecule has 0 unspecified atom stereocenters. The van der Waals surface area contributed by atoms with Crippen LogP contribution in [-0.4, -0.2) is 23.0 Å². The molecule has 0 radical (unpaired) electrons. The lowest BCUT2D eigenvalue weighted by Gasteiger charge is -2.21. The summed E-state index contributed by atoms with van der Waals surface area (Å²) in [5.74, 6) is 0.371. The van der Waals surface area contributed by atoms with E-state index in [-0.39, 0.29) is 17.9 Å². The summed E-state index contributed by atoms with van der Waals surface area (Å²) in [6.07, 6.45) is 3.39. The second-order valence-corrected chi connectivity index (χ2v) is 8.91. The van der Waals surface area contributed by atoms with Gasteiger partial charge >= 0.3 is 0 Å². The molecule has 142 valence electrons. The van der Waals surface area contributed by atoms with E-state index < -0.39 is 5.54 Å². The van der Waals surface area contributed by atoms with Gasteiger partial charge in [0.25, 0.3) is 5.91 Å². The Morgan fingerprint density at radius 3 is 2.52 bits per heavy atom. The van der Waals surface area contributed by atoms with Gasteiger partial charge in [-0.15, -0.1) is 11.3 Å². The van der Waals surface area contributed by atoms with Crippen LogP contribution in [0.4, 0.5) is 0 Å². The Hall–Kier alpha value is -2.39. The van der Waals surface area contributed by atoms with Crippen LogP contribution >= 0.6 is 11.3 Å². The molecule has 1 fully saturated rings. The summed E-state index contributed by atoms with van der Waals surface area (Å²) in [7, 11) is 0. The average molecular weight is 384 g/mol. The molecule has 0 spiro atoms. The van der Waals surface area contributed by atoms with Crippen LogP contribution in [0, 0.1) is 11.3 Å². The van der Waals surface area contributed by atoms with E-state index in [1.807, 2.05) is 24.3 Å². The van der Waals surface area contributed by atoms with Gasteiger partial charge in [-0.1, -0.05) is 20.8 Å². The Bertz CT molecular complexity index is 838. The number of ether oxygens (including phenoxy) is 1. The minimum atomic E-state index is -0.708. The molecule has 27 heavy (non-hydrogen) atoms. The minimum absolute atomic E-state index is 0.0330. The van der Waals surface area contributed by atoms with Crippen molar-refractivity contribution >= 4 is 17.2 Å². The lowest BCUT2D eigenvalue weighted by Crippen LogP contribution is -2.47. The zero-order chi connectivity index (χ0) is 19.5. The highest BCUT2D eigenvalue weighted by molar-refractivity contribution is 7.13. The quantitative estimate of drug-likeness (QED) is 0.828. The minimum Gasteiger partial charge on any atom is -0.484 e. The number of nitriles is 1. The molecule has 2 aromatic rings. The van der Waals surface area contributed by atoms with Crippen LogP contribution in [0.5, 0.6) is 5.75 Å². The molecule has 1 saturated carbocycles. The molecule has 0 atom stereocenters. The first-order valence-corrected chi connectivity index (χ1v) is 10.1. The summed E-state index contributed by atoms with van der Waals surface area (Å²) in [6, 6.07) is 9.84. The number of carbonyl (C=O) groups is 1. The number of carbonyl (C=O) groups excluding carboxylic acids is 1. The second-order valence-electron chi connectivity index (χ2n) is 8.05. The standard InChI is InChI=1S/C21H25N3O2S/c1-20(2,3)17-13-27-19(23-17)15-6-8-16(9-7-15)26-12-18(25)24-21(14-22)10-4-5-11-21/h6-9,13H,4-5,10-12H2,1-3H3,(H,24,25). The summed E-state index contributed by atoms with van der Waals surface area (Å²) in [6.45, 7) is 6.36. The summed E-state index contributed by atoms with van der Waals surface area (Å²) in [5.41, 5.74) is 1.44.